The summed E-state index contributed by atoms with van der Waals surface area (Å²) in [7, 11) is 1.72. The Balaban J connectivity index is 1.87. The second kappa shape index (κ2) is 6.50. The molecule has 0 radical (unpaired) electrons. The van der Waals surface area contributed by atoms with Crippen molar-refractivity contribution in [1.82, 2.24) is 5.32 Å². The number of benzene rings is 1. The predicted molar refractivity (Wildman–Crippen MR) is 84.6 cm³/mol. The van der Waals surface area contributed by atoms with Crippen molar-refractivity contribution in [3.8, 4) is 0 Å². The molecule has 2 amide bonds. The maximum absolute atomic E-state index is 11.9. The van der Waals surface area contributed by atoms with Crippen molar-refractivity contribution in [1.29, 1.82) is 0 Å². The van der Waals surface area contributed by atoms with Gasteiger partial charge in [-0.25, -0.2) is 4.79 Å². The highest BCUT2D eigenvalue weighted by Crippen LogP contribution is 2.30. The van der Waals surface area contributed by atoms with Gasteiger partial charge in [-0.1, -0.05) is 6.07 Å². The van der Waals surface area contributed by atoms with Gasteiger partial charge in [0.05, 0.1) is 5.60 Å². The average molecular weight is 294 g/mol. The van der Waals surface area contributed by atoms with Crippen molar-refractivity contribution < 1.29 is 9.53 Å². The SMILES string of the molecule is CO[C@]1(CNC(=O)Nc2ccc(C)c(C)c2)CCSC1. The molecule has 5 heteroatoms. The molecule has 0 spiro atoms. The normalized spacial score (nSPS) is 21.8. The molecule has 0 aromatic heterocycles. The molecule has 4 nitrogen and oxygen atoms in total. The molecule has 2 rings (SSSR count). The quantitative estimate of drug-likeness (QED) is 0.897. The molecule has 1 heterocycles. The van der Waals surface area contributed by atoms with E-state index in [0.717, 1.165) is 23.6 Å². The van der Waals surface area contributed by atoms with Gasteiger partial charge in [-0.15, -0.1) is 0 Å². The van der Waals surface area contributed by atoms with Gasteiger partial charge in [0.2, 0.25) is 0 Å². The lowest BCUT2D eigenvalue weighted by atomic mass is 10.0. The summed E-state index contributed by atoms with van der Waals surface area (Å²) in [6.07, 6.45) is 0.984. The van der Waals surface area contributed by atoms with E-state index in [1.165, 1.54) is 11.1 Å². The third-order valence-corrected chi connectivity index (χ3v) is 5.06. The Morgan fingerprint density at radius 1 is 1.40 bits per heavy atom. The Labute approximate surface area is 124 Å². The third-order valence-electron chi connectivity index (χ3n) is 3.84. The van der Waals surface area contributed by atoms with Crippen LogP contribution in [0.15, 0.2) is 18.2 Å². The first-order valence-electron chi connectivity index (χ1n) is 6.80. The molecule has 1 aromatic rings. The smallest absolute Gasteiger partial charge is 0.319 e. The summed E-state index contributed by atoms with van der Waals surface area (Å²) in [6, 6.07) is 5.72. The van der Waals surface area contributed by atoms with Crippen LogP contribution in [0.2, 0.25) is 0 Å². The molecule has 2 N–H and O–H groups in total. The lowest BCUT2D eigenvalue weighted by molar-refractivity contribution is 0.0161. The maximum atomic E-state index is 11.9. The van der Waals surface area contributed by atoms with Crippen LogP contribution in [-0.2, 0) is 4.74 Å². The van der Waals surface area contributed by atoms with Crippen molar-refractivity contribution in [3.05, 3.63) is 29.3 Å². The fraction of sp³-hybridized carbons (Fsp3) is 0.533. The van der Waals surface area contributed by atoms with E-state index in [-0.39, 0.29) is 11.6 Å². The largest absolute Gasteiger partial charge is 0.376 e. The summed E-state index contributed by atoms with van der Waals surface area (Å²) in [5.41, 5.74) is 3.00. The number of methoxy groups -OCH3 is 1. The second-order valence-corrected chi connectivity index (χ2v) is 6.40. The van der Waals surface area contributed by atoms with Crippen LogP contribution in [0.1, 0.15) is 17.5 Å². The van der Waals surface area contributed by atoms with Crippen LogP contribution in [0.25, 0.3) is 0 Å². The standard InChI is InChI=1S/C15H22N2O2S/c1-11-4-5-13(8-12(11)2)17-14(18)16-9-15(19-3)6-7-20-10-15/h4-5,8H,6-7,9-10H2,1-3H3,(H2,16,17,18)/t15-/m0/s1. The summed E-state index contributed by atoms with van der Waals surface area (Å²) in [5, 5.41) is 5.77. The number of nitrogens with one attached hydrogen (secondary N) is 2. The van der Waals surface area contributed by atoms with Crippen LogP contribution in [0.4, 0.5) is 10.5 Å². The van der Waals surface area contributed by atoms with E-state index in [0.29, 0.717) is 6.54 Å². The molecule has 1 aromatic carbocycles. The third kappa shape index (κ3) is 3.67. The topological polar surface area (TPSA) is 50.4 Å². The summed E-state index contributed by atoms with van der Waals surface area (Å²) < 4.78 is 5.57. The highest BCUT2D eigenvalue weighted by Gasteiger charge is 2.34. The molecule has 1 aliphatic heterocycles. The Morgan fingerprint density at radius 3 is 2.80 bits per heavy atom. The number of amides is 2. The molecule has 0 saturated carbocycles. The molecule has 0 bridgehead atoms. The molecular weight excluding hydrogens is 272 g/mol. The monoisotopic (exact) mass is 294 g/mol. The van der Waals surface area contributed by atoms with Crippen molar-refractivity contribution in [2.24, 2.45) is 0 Å². The lowest BCUT2D eigenvalue weighted by Gasteiger charge is -2.26. The zero-order valence-corrected chi connectivity index (χ0v) is 13.1. The summed E-state index contributed by atoms with van der Waals surface area (Å²) in [5.74, 6) is 2.03. The van der Waals surface area contributed by atoms with Crippen LogP contribution < -0.4 is 10.6 Å². The molecule has 20 heavy (non-hydrogen) atoms. The lowest BCUT2D eigenvalue weighted by Crippen LogP contribution is -2.45. The van der Waals surface area contributed by atoms with Gasteiger partial charge in [0, 0.05) is 25.1 Å². The van der Waals surface area contributed by atoms with Gasteiger partial charge in [0.1, 0.15) is 0 Å². The van der Waals surface area contributed by atoms with E-state index in [1.54, 1.807) is 7.11 Å². The Morgan fingerprint density at radius 2 is 2.20 bits per heavy atom. The van der Waals surface area contributed by atoms with Crippen molar-refractivity contribution in [2.45, 2.75) is 25.9 Å². The van der Waals surface area contributed by atoms with E-state index in [9.17, 15) is 4.79 Å². The summed E-state index contributed by atoms with van der Waals surface area (Å²) >= 11 is 1.87. The maximum Gasteiger partial charge on any atom is 0.319 e. The highest BCUT2D eigenvalue weighted by atomic mass is 32.2. The van der Waals surface area contributed by atoms with Crippen LogP contribution in [0.5, 0.6) is 0 Å². The zero-order valence-electron chi connectivity index (χ0n) is 12.3. The van der Waals surface area contributed by atoms with E-state index in [2.05, 4.69) is 17.6 Å². The van der Waals surface area contributed by atoms with Gasteiger partial charge in [-0.05, 0) is 49.3 Å². The number of thioether (sulfide) groups is 1. The van der Waals surface area contributed by atoms with E-state index < -0.39 is 0 Å². The number of anilines is 1. The van der Waals surface area contributed by atoms with Gasteiger partial charge in [0.15, 0.2) is 0 Å². The Bertz CT molecular complexity index is 485. The first kappa shape index (κ1) is 15.2. The number of aryl methyl sites for hydroxylation is 2. The van der Waals surface area contributed by atoms with Crippen molar-refractivity contribution >= 4 is 23.5 Å². The van der Waals surface area contributed by atoms with E-state index in [4.69, 9.17) is 4.74 Å². The number of hydrogen-bond acceptors (Lipinski definition) is 3. The fourth-order valence-corrected chi connectivity index (χ4v) is 3.59. The van der Waals surface area contributed by atoms with E-state index >= 15 is 0 Å². The molecule has 0 aliphatic carbocycles. The number of rotatable bonds is 4. The molecule has 0 unspecified atom stereocenters. The number of carbonyl (C=O) groups is 1. The average Bonchev–Trinajstić information content (AvgIpc) is 2.90. The van der Waals surface area contributed by atoms with Crippen molar-refractivity contribution in [3.63, 3.8) is 0 Å². The van der Waals surface area contributed by atoms with Gasteiger partial charge in [0.25, 0.3) is 0 Å². The fourth-order valence-electron chi connectivity index (χ4n) is 2.20. The molecule has 1 atom stereocenters. The summed E-state index contributed by atoms with van der Waals surface area (Å²) in [6.45, 7) is 4.64. The van der Waals surface area contributed by atoms with Crippen molar-refractivity contribution in [2.75, 3.05) is 30.5 Å². The molecule has 1 fully saturated rings. The van der Waals surface area contributed by atoms with Gasteiger partial charge in [-0.3, -0.25) is 0 Å². The Kier molecular flexibility index (Phi) is 4.94. The highest BCUT2D eigenvalue weighted by molar-refractivity contribution is 7.99. The van der Waals surface area contributed by atoms with E-state index in [1.807, 2.05) is 36.9 Å². The zero-order chi connectivity index (χ0) is 14.6. The second-order valence-electron chi connectivity index (χ2n) is 5.30. The van der Waals surface area contributed by atoms with Crippen LogP contribution in [-0.4, -0.2) is 36.8 Å². The molecule has 110 valence electrons. The predicted octanol–water partition coefficient (Wildman–Crippen LogP) is 2.95. The number of carbonyl (C=O) groups excluding carboxylic acids is 1. The number of ether oxygens (including phenoxy) is 1. The minimum Gasteiger partial charge on any atom is -0.376 e. The van der Waals surface area contributed by atoms with Gasteiger partial charge < -0.3 is 15.4 Å². The molecular formula is C15H22N2O2S. The van der Waals surface area contributed by atoms with Crippen LogP contribution in [0, 0.1) is 13.8 Å². The first-order valence-corrected chi connectivity index (χ1v) is 7.95. The minimum atomic E-state index is -0.203. The van der Waals surface area contributed by atoms with Crippen LogP contribution in [0.3, 0.4) is 0 Å². The van der Waals surface area contributed by atoms with Gasteiger partial charge >= 0.3 is 6.03 Å². The molecule has 1 saturated heterocycles. The molecule has 1 aliphatic rings. The number of hydrogen-bond donors (Lipinski definition) is 2. The van der Waals surface area contributed by atoms with Crippen LogP contribution >= 0.6 is 11.8 Å². The minimum absolute atomic E-state index is 0.179. The van der Waals surface area contributed by atoms with Gasteiger partial charge in [-0.2, -0.15) is 11.8 Å². The Hall–Kier alpha value is -1.20. The first-order chi connectivity index (χ1) is 9.54. The summed E-state index contributed by atoms with van der Waals surface area (Å²) in [4.78, 5) is 11.9. The number of urea groups is 1.